The van der Waals surface area contributed by atoms with Gasteiger partial charge >= 0.3 is 41.8 Å². The number of para-hydroxylation sites is 1. The van der Waals surface area contributed by atoms with Gasteiger partial charge in [-0.15, -0.1) is 0 Å². The second-order valence-electron chi connectivity index (χ2n) is 29.4. The zero-order valence-corrected chi connectivity index (χ0v) is 67.7. The highest BCUT2D eigenvalue weighted by atomic mass is 16.4. The SMILES string of the molecule is Cc1cc(C(=O)NCCN(CCCN(CCNC(=O)c2cc(C)n(CC(=O)O)c(=O)c2O)CCNC(=O)c2cc(C)n(CC(=O)NC[C@H]3CC[C@H](C(=O)N[C@@H](Cc4ccc5ccccc5n4)C(=O)NCCCC[C@H](NC(=O)N[C@@H](CCC(=O)O)C(=O)O)C(=O)O)CC3)c(=O)c2O)CCNC(=O)c2cc(C)n(CC(=O)O)c(=O)c2O)c(O)c(=O)n1CC(=O)O. The van der Waals surface area contributed by atoms with Crippen molar-refractivity contribution in [3.63, 3.8) is 0 Å². The summed E-state index contributed by atoms with van der Waals surface area (Å²) >= 11 is 0. The molecule has 0 aliphatic heterocycles. The number of carboxylic acid groups (broad SMARTS) is 6. The van der Waals surface area contributed by atoms with Crippen LogP contribution in [0.1, 0.15) is 134 Å². The fourth-order valence-corrected chi connectivity index (χ4v) is 13.8. The summed E-state index contributed by atoms with van der Waals surface area (Å²) in [6.45, 7) is 2.01. The Hall–Kier alpha value is -14.1. The molecule has 664 valence electrons. The zero-order valence-electron chi connectivity index (χ0n) is 67.7. The van der Waals surface area contributed by atoms with Crippen LogP contribution >= 0.6 is 0 Å². The molecule has 1 aliphatic rings. The summed E-state index contributed by atoms with van der Waals surface area (Å²) in [4.78, 5) is 238. The number of amides is 9. The molecule has 1 saturated carbocycles. The lowest BCUT2D eigenvalue weighted by Gasteiger charge is -2.29. The molecule has 44 nitrogen and oxygen atoms in total. The first-order chi connectivity index (χ1) is 58.2. The fourth-order valence-electron chi connectivity index (χ4n) is 13.8. The minimum absolute atomic E-state index is 0.0125. The van der Waals surface area contributed by atoms with E-state index < -0.39 is 214 Å². The van der Waals surface area contributed by atoms with Gasteiger partial charge in [0.15, 0.2) is 23.0 Å². The number of aromatic nitrogens is 5. The number of pyridine rings is 5. The average molecular weight is 1720 g/mol. The van der Waals surface area contributed by atoms with Gasteiger partial charge in [0.25, 0.3) is 45.9 Å². The number of aryl methyl sites for hydroxylation is 4. The number of carbonyl (C=O) groups is 14. The highest BCUT2D eigenvalue weighted by molar-refractivity contribution is 5.99. The van der Waals surface area contributed by atoms with Crippen molar-refractivity contribution in [2.24, 2.45) is 11.8 Å². The van der Waals surface area contributed by atoms with Crippen LogP contribution in [0, 0.1) is 39.5 Å². The number of nitrogens with one attached hydrogen (secondary N) is 9. The predicted molar refractivity (Wildman–Crippen MR) is 432 cm³/mol. The van der Waals surface area contributed by atoms with Crippen molar-refractivity contribution < 1.29 is 118 Å². The molecule has 123 heavy (non-hydrogen) atoms. The number of unbranched alkanes of at least 4 members (excludes halogenated alkanes) is 1. The summed E-state index contributed by atoms with van der Waals surface area (Å²) in [5, 5.41) is 123. The van der Waals surface area contributed by atoms with Gasteiger partial charge in [-0.2, -0.15) is 0 Å². The Morgan fingerprint density at radius 1 is 0.431 bits per heavy atom. The van der Waals surface area contributed by atoms with Gasteiger partial charge in [0.1, 0.15) is 44.3 Å². The maximum absolute atomic E-state index is 14.0. The third kappa shape index (κ3) is 28.0. The summed E-state index contributed by atoms with van der Waals surface area (Å²) < 4.78 is 3.19. The van der Waals surface area contributed by atoms with E-state index in [-0.39, 0.29) is 139 Å². The molecular formula is C79H100N16O28. The second-order valence-corrected chi connectivity index (χ2v) is 29.4. The molecule has 0 bridgehead atoms. The van der Waals surface area contributed by atoms with Crippen LogP contribution in [0.25, 0.3) is 10.9 Å². The van der Waals surface area contributed by atoms with Gasteiger partial charge in [-0.3, -0.25) is 100 Å². The normalized spacial score (nSPS) is 13.8. The van der Waals surface area contributed by atoms with Crippen LogP contribution in [-0.2, 0) is 75.8 Å². The lowest BCUT2D eigenvalue weighted by Crippen LogP contribution is -2.51. The quantitative estimate of drug-likeness (QED) is 0.0188. The first-order valence-corrected chi connectivity index (χ1v) is 39.1. The smallest absolute Gasteiger partial charge is 0.326 e. The standard InChI is InChI=1S/C79H100N16O28/c1-42-32-50(63(105)73(115)92(42)38-58(96)85-37-46-13-15-48(16-14-46)67(109)87-57(36-49-18-17-47-10-5-6-11-54(47)86-49)72(114)80-21-8-7-12-55(77(119)120)88-79(123)89-56(78(121)122)19-20-59(97)98)68(110)81-22-28-90(29-23-82-69(111)51-33-43(2)93(39-60(99)100)74(116)64(51)106)26-9-27-91(30-24-83-70(112)52-34-44(3)94(40-61(101)102)75(117)65(52)107)31-25-84-71(113)53-35-45(4)95(41-62(103)104)76(118)66(53)108/h5-6,10-11,17-18,32-35,46,48,55-57,105-108H,7-9,12-16,19-31,36-41H2,1-4H3,(H,80,114)(H,81,110)(H,82,111)(H,83,112)(H,84,113)(H,85,96)(H,87,109)(H,97,98)(H,99,100)(H,101,102)(H,103,104)(H,119,120)(H,121,122)(H2,88,89,123)/t46-,48-,55-,56-,57-/m0/s1. The average Bonchev–Trinajstić information content (AvgIpc) is 0.814. The third-order valence-corrected chi connectivity index (χ3v) is 20.5. The number of nitrogens with zero attached hydrogens (tertiary/aromatic N) is 7. The summed E-state index contributed by atoms with van der Waals surface area (Å²) in [6, 6.07) is 10.0. The molecule has 1 aromatic carbocycles. The van der Waals surface area contributed by atoms with Crippen LogP contribution in [-0.4, -0.2) is 264 Å². The van der Waals surface area contributed by atoms with Crippen LogP contribution in [0.15, 0.2) is 79.8 Å². The van der Waals surface area contributed by atoms with Gasteiger partial charge in [-0.05, 0) is 141 Å². The molecule has 0 unspecified atom stereocenters. The van der Waals surface area contributed by atoms with Crippen LogP contribution in [0.2, 0.25) is 0 Å². The zero-order chi connectivity index (χ0) is 90.6. The van der Waals surface area contributed by atoms with Gasteiger partial charge < -0.3 is 103 Å². The Bertz CT molecular complexity index is 5140. The van der Waals surface area contributed by atoms with Gasteiger partial charge in [-0.1, -0.05) is 24.3 Å². The van der Waals surface area contributed by atoms with E-state index in [2.05, 4.69) is 52.8 Å². The van der Waals surface area contributed by atoms with E-state index >= 15 is 0 Å². The molecule has 9 amide bonds. The highest BCUT2D eigenvalue weighted by Crippen LogP contribution is 2.29. The van der Waals surface area contributed by atoms with Crippen molar-refractivity contribution in [2.45, 2.75) is 143 Å². The number of hydrogen-bond acceptors (Lipinski definition) is 25. The van der Waals surface area contributed by atoms with Gasteiger partial charge in [0.05, 0.1) is 27.8 Å². The maximum atomic E-state index is 14.0. The number of urea groups is 1. The molecule has 5 heterocycles. The van der Waals surface area contributed by atoms with Crippen molar-refractivity contribution in [1.82, 2.24) is 80.9 Å². The number of aliphatic carboxylic acids is 6. The predicted octanol–water partition coefficient (Wildman–Crippen LogP) is -1.79. The molecular weight excluding hydrogens is 1620 g/mol. The van der Waals surface area contributed by atoms with Crippen LogP contribution in [0.4, 0.5) is 4.79 Å². The minimum atomic E-state index is -1.60. The highest BCUT2D eigenvalue weighted by Gasteiger charge is 2.33. The maximum Gasteiger partial charge on any atom is 0.326 e. The van der Waals surface area contributed by atoms with E-state index in [4.69, 9.17) is 5.11 Å². The lowest BCUT2D eigenvalue weighted by molar-refractivity contribution is -0.141. The Morgan fingerprint density at radius 3 is 1.23 bits per heavy atom. The van der Waals surface area contributed by atoms with Crippen LogP contribution in [0.5, 0.6) is 23.0 Å². The molecule has 3 atom stereocenters. The van der Waals surface area contributed by atoms with E-state index in [1.54, 1.807) is 28.0 Å². The summed E-state index contributed by atoms with van der Waals surface area (Å²) in [6.07, 6.45) is 1.02. The van der Waals surface area contributed by atoms with Crippen molar-refractivity contribution in [2.75, 3.05) is 78.5 Å². The van der Waals surface area contributed by atoms with E-state index in [0.717, 1.165) is 41.9 Å². The number of aromatic hydroxyl groups is 4. The van der Waals surface area contributed by atoms with Crippen molar-refractivity contribution in [3.8, 4) is 23.0 Å². The first kappa shape index (κ1) is 96.1. The fraction of sp³-hybridized carbons (Fsp3) is 0.456. The number of hydrogen-bond donors (Lipinski definition) is 19. The van der Waals surface area contributed by atoms with Gasteiger partial charge in [0.2, 0.25) is 17.7 Å². The number of fused-ring (bicyclic) bond motifs is 1. The van der Waals surface area contributed by atoms with Crippen molar-refractivity contribution in [1.29, 1.82) is 0 Å². The van der Waals surface area contributed by atoms with Crippen LogP contribution < -0.4 is 70.1 Å². The molecule has 6 aromatic rings. The molecule has 0 radical (unpaired) electrons. The van der Waals surface area contributed by atoms with Crippen molar-refractivity contribution in [3.05, 3.63) is 153 Å². The molecule has 7 rings (SSSR count). The molecule has 5 aromatic heterocycles. The number of carboxylic acids is 6. The van der Waals surface area contributed by atoms with E-state index in [0.29, 0.717) is 36.9 Å². The Morgan fingerprint density at radius 2 is 0.829 bits per heavy atom. The molecule has 0 spiro atoms. The minimum Gasteiger partial charge on any atom is -0.502 e. The molecule has 19 N–H and O–H groups in total. The largest absolute Gasteiger partial charge is 0.502 e. The lowest BCUT2D eigenvalue weighted by atomic mass is 9.81. The molecule has 1 aliphatic carbocycles. The Balaban J connectivity index is 0.966. The van der Waals surface area contributed by atoms with Gasteiger partial charge in [-0.25, -0.2) is 14.4 Å². The van der Waals surface area contributed by atoms with E-state index in [1.807, 2.05) is 18.2 Å². The van der Waals surface area contributed by atoms with Crippen molar-refractivity contribution >= 4 is 94.1 Å². The van der Waals surface area contributed by atoms with Gasteiger partial charge in [0, 0.05) is 118 Å². The second kappa shape index (κ2) is 45.4. The summed E-state index contributed by atoms with van der Waals surface area (Å²) in [5.41, 5.74) is -5.07. The molecule has 44 heteroatoms. The third-order valence-electron chi connectivity index (χ3n) is 20.5. The number of benzene rings is 1. The Kier molecular flexibility index (Phi) is 35.4. The summed E-state index contributed by atoms with van der Waals surface area (Å²) in [5.74, 6) is -18.5. The number of rotatable bonds is 47. The van der Waals surface area contributed by atoms with E-state index in [9.17, 15) is 132 Å². The Labute approximate surface area is 699 Å². The van der Waals surface area contributed by atoms with E-state index in [1.165, 1.54) is 33.8 Å². The number of carbonyl (C=O) groups excluding carboxylic acids is 8. The molecule has 1 fully saturated rings. The summed E-state index contributed by atoms with van der Waals surface area (Å²) in [7, 11) is 0. The van der Waals surface area contributed by atoms with Crippen LogP contribution in [0.3, 0.4) is 0 Å². The first-order valence-electron chi connectivity index (χ1n) is 39.1. The topological polar surface area (TPSA) is 657 Å². The molecule has 0 saturated heterocycles. The monoisotopic (exact) mass is 1720 g/mol.